The van der Waals surface area contributed by atoms with Crippen molar-refractivity contribution in [3.8, 4) is 5.75 Å². The summed E-state index contributed by atoms with van der Waals surface area (Å²) in [6.45, 7) is 2.84. The Morgan fingerprint density at radius 2 is 2.25 bits per heavy atom. The summed E-state index contributed by atoms with van der Waals surface area (Å²) in [6, 6.07) is 5.63. The molecule has 2 heterocycles. The molecule has 2 N–H and O–H groups in total. The van der Waals surface area contributed by atoms with Crippen LogP contribution in [-0.4, -0.2) is 45.4 Å². The highest BCUT2D eigenvalue weighted by atomic mass is 35.5. The van der Waals surface area contributed by atoms with Gasteiger partial charge >= 0.3 is 0 Å². The first-order valence-corrected chi connectivity index (χ1v) is 8.95. The van der Waals surface area contributed by atoms with Crippen LogP contribution >= 0.6 is 11.6 Å². The summed E-state index contributed by atoms with van der Waals surface area (Å²) in [7, 11) is 1.67. The first-order valence-electron chi connectivity index (χ1n) is 8.57. The maximum absolute atomic E-state index is 12.4. The highest BCUT2D eigenvalue weighted by molar-refractivity contribution is 6.30. The molecule has 0 bridgehead atoms. The quantitative estimate of drug-likeness (QED) is 0.853. The molecule has 2 saturated heterocycles. The van der Waals surface area contributed by atoms with Gasteiger partial charge in [-0.15, -0.1) is 0 Å². The minimum absolute atomic E-state index is 0.0665. The number of nitrogens with one attached hydrogen (secondary N) is 2. The molecular formula is C18H25ClN2O3. The second kappa shape index (κ2) is 7.72. The van der Waals surface area contributed by atoms with E-state index in [0.29, 0.717) is 24.8 Å². The Bertz CT molecular complexity index is 582. The maximum Gasteiger partial charge on any atom is 0.237 e. The average molecular weight is 353 g/mol. The molecule has 0 spiro atoms. The molecule has 1 atom stereocenters. The van der Waals surface area contributed by atoms with Gasteiger partial charge in [-0.25, -0.2) is 0 Å². The van der Waals surface area contributed by atoms with Gasteiger partial charge in [0.05, 0.1) is 13.2 Å². The summed E-state index contributed by atoms with van der Waals surface area (Å²) >= 11 is 6.24. The van der Waals surface area contributed by atoms with Crippen LogP contribution in [0.4, 0.5) is 0 Å². The highest BCUT2D eigenvalue weighted by Crippen LogP contribution is 2.40. The minimum Gasteiger partial charge on any atom is -0.496 e. The lowest BCUT2D eigenvalue weighted by Crippen LogP contribution is -2.48. The Balaban J connectivity index is 1.82. The molecule has 1 amide bonds. The number of amides is 1. The number of ether oxygens (including phenoxy) is 2. The van der Waals surface area contributed by atoms with Crippen LogP contribution in [0.3, 0.4) is 0 Å². The van der Waals surface area contributed by atoms with E-state index < -0.39 is 0 Å². The number of hydrogen-bond acceptors (Lipinski definition) is 4. The third-order valence-corrected chi connectivity index (χ3v) is 5.40. The van der Waals surface area contributed by atoms with E-state index >= 15 is 0 Å². The number of carbonyl (C=O) groups is 1. The lowest BCUT2D eigenvalue weighted by Gasteiger charge is -2.39. The van der Waals surface area contributed by atoms with Gasteiger partial charge in [0, 0.05) is 35.8 Å². The van der Waals surface area contributed by atoms with Crippen LogP contribution in [0.15, 0.2) is 18.2 Å². The standard InChI is InChI=1S/C18H25ClN2O3/c1-23-16-5-4-13(19)11-14(16)18(6-9-24-10-7-18)12-21-17(22)15-3-2-8-20-15/h4-5,11,15,20H,2-3,6-10,12H2,1H3,(H,21,22). The molecule has 2 fully saturated rings. The van der Waals surface area contributed by atoms with Crippen LogP contribution in [-0.2, 0) is 14.9 Å². The van der Waals surface area contributed by atoms with Gasteiger partial charge in [-0.1, -0.05) is 11.6 Å². The predicted molar refractivity (Wildman–Crippen MR) is 93.8 cm³/mol. The van der Waals surface area contributed by atoms with Crippen molar-refractivity contribution in [2.45, 2.75) is 37.1 Å². The Kier molecular flexibility index (Phi) is 5.64. The Labute approximate surface area is 148 Å². The predicted octanol–water partition coefficient (Wildman–Crippen LogP) is 2.27. The van der Waals surface area contributed by atoms with Crippen molar-refractivity contribution in [3.05, 3.63) is 28.8 Å². The summed E-state index contributed by atoms with van der Waals surface area (Å²) < 4.78 is 11.1. The third kappa shape index (κ3) is 3.68. The number of carbonyl (C=O) groups excluding carboxylic acids is 1. The molecule has 2 aliphatic rings. The van der Waals surface area contributed by atoms with Crippen molar-refractivity contribution in [2.24, 2.45) is 0 Å². The van der Waals surface area contributed by atoms with Crippen molar-refractivity contribution in [2.75, 3.05) is 33.4 Å². The largest absolute Gasteiger partial charge is 0.496 e. The number of halogens is 1. The minimum atomic E-state index is -0.206. The number of hydrogen-bond donors (Lipinski definition) is 2. The maximum atomic E-state index is 12.4. The normalized spacial score (nSPS) is 23.0. The van der Waals surface area contributed by atoms with Gasteiger partial charge in [-0.2, -0.15) is 0 Å². The SMILES string of the molecule is COc1ccc(Cl)cc1C1(CNC(=O)C2CCCN2)CCOCC1. The highest BCUT2D eigenvalue weighted by Gasteiger charge is 2.38. The van der Waals surface area contributed by atoms with Crippen LogP contribution in [0.5, 0.6) is 5.75 Å². The summed E-state index contributed by atoms with van der Waals surface area (Å²) in [5.74, 6) is 0.897. The topological polar surface area (TPSA) is 59.6 Å². The van der Waals surface area contributed by atoms with Crippen molar-refractivity contribution in [1.29, 1.82) is 0 Å². The van der Waals surface area contributed by atoms with E-state index in [9.17, 15) is 4.79 Å². The Morgan fingerprint density at radius 3 is 2.92 bits per heavy atom. The third-order valence-electron chi connectivity index (χ3n) is 5.16. The van der Waals surface area contributed by atoms with Crippen LogP contribution in [0, 0.1) is 0 Å². The molecule has 1 aromatic rings. The van der Waals surface area contributed by atoms with Crippen molar-refractivity contribution >= 4 is 17.5 Å². The van der Waals surface area contributed by atoms with E-state index in [1.54, 1.807) is 7.11 Å². The number of benzene rings is 1. The van der Waals surface area contributed by atoms with E-state index in [2.05, 4.69) is 10.6 Å². The molecule has 132 valence electrons. The Morgan fingerprint density at radius 1 is 1.46 bits per heavy atom. The van der Waals surface area contributed by atoms with Crippen molar-refractivity contribution in [3.63, 3.8) is 0 Å². The average Bonchev–Trinajstić information content (AvgIpc) is 3.15. The molecule has 0 aromatic heterocycles. The first-order chi connectivity index (χ1) is 11.6. The number of methoxy groups -OCH3 is 1. The van der Waals surface area contributed by atoms with E-state index in [-0.39, 0.29) is 17.4 Å². The molecule has 0 saturated carbocycles. The van der Waals surface area contributed by atoms with E-state index in [1.807, 2.05) is 18.2 Å². The zero-order valence-electron chi connectivity index (χ0n) is 14.1. The van der Waals surface area contributed by atoms with Crippen LogP contribution in [0.2, 0.25) is 5.02 Å². The van der Waals surface area contributed by atoms with Crippen molar-refractivity contribution in [1.82, 2.24) is 10.6 Å². The molecule has 6 heteroatoms. The second-order valence-electron chi connectivity index (χ2n) is 6.60. The molecule has 0 radical (unpaired) electrons. The fraction of sp³-hybridized carbons (Fsp3) is 0.611. The van der Waals surface area contributed by atoms with Crippen molar-refractivity contribution < 1.29 is 14.3 Å². The molecule has 2 aliphatic heterocycles. The molecule has 5 nitrogen and oxygen atoms in total. The van der Waals surface area contributed by atoms with Gasteiger partial charge in [0.25, 0.3) is 0 Å². The lowest BCUT2D eigenvalue weighted by atomic mass is 9.73. The van der Waals surface area contributed by atoms with Crippen LogP contribution < -0.4 is 15.4 Å². The smallest absolute Gasteiger partial charge is 0.237 e. The fourth-order valence-electron chi connectivity index (χ4n) is 3.69. The van der Waals surface area contributed by atoms with E-state index in [4.69, 9.17) is 21.1 Å². The molecule has 24 heavy (non-hydrogen) atoms. The van der Waals surface area contributed by atoms with E-state index in [1.165, 1.54) is 0 Å². The van der Waals surface area contributed by atoms with Crippen LogP contribution in [0.25, 0.3) is 0 Å². The lowest BCUT2D eigenvalue weighted by molar-refractivity contribution is -0.123. The fourth-order valence-corrected chi connectivity index (χ4v) is 3.86. The zero-order chi connectivity index (χ0) is 17.0. The van der Waals surface area contributed by atoms with E-state index in [0.717, 1.165) is 43.5 Å². The first kappa shape index (κ1) is 17.5. The summed E-state index contributed by atoms with van der Waals surface area (Å²) in [4.78, 5) is 12.4. The summed E-state index contributed by atoms with van der Waals surface area (Å²) in [5.41, 5.74) is 0.850. The summed E-state index contributed by atoms with van der Waals surface area (Å²) in [5, 5.41) is 7.08. The van der Waals surface area contributed by atoms with Gasteiger partial charge < -0.3 is 20.1 Å². The summed E-state index contributed by atoms with van der Waals surface area (Å²) in [6.07, 6.45) is 3.63. The molecule has 1 aromatic carbocycles. The van der Waals surface area contributed by atoms with Gasteiger partial charge in [0.15, 0.2) is 0 Å². The Hall–Kier alpha value is -1.30. The zero-order valence-corrected chi connectivity index (χ0v) is 14.8. The molecule has 0 aliphatic carbocycles. The molecule has 1 unspecified atom stereocenters. The molecule has 3 rings (SSSR count). The molecular weight excluding hydrogens is 328 g/mol. The monoisotopic (exact) mass is 352 g/mol. The number of rotatable bonds is 5. The second-order valence-corrected chi connectivity index (χ2v) is 7.04. The van der Waals surface area contributed by atoms with Gasteiger partial charge in [-0.3, -0.25) is 4.79 Å². The van der Waals surface area contributed by atoms with Gasteiger partial charge in [0.1, 0.15) is 5.75 Å². The van der Waals surface area contributed by atoms with Gasteiger partial charge in [0.2, 0.25) is 5.91 Å². The van der Waals surface area contributed by atoms with Gasteiger partial charge in [-0.05, 0) is 50.4 Å². The van der Waals surface area contributed by atoms with Crippen LogP contribution in [0.1, 0.15) is 31.2 Å².